The molecule has 2 aromatic heterocycles. The third kappa shape index (κ3) is 1.61. The van der Waals surface area contributed by atoms with Crippen LogP contribution in [0.1, 0.15) is 5.56 Å². The van der Waals surface area contributed by atoms with Gasteiger partial charge in [-0.2, -0.15) is 0 Å². The number of nitrogens with zero attached hydrogens (tertiary/aromatic N) is 1. The summed E-state index contributed by atoms with van der Waals surface area (Å²) in [5, 5.41) is 2.78. The van der Waals surface area contributed by atoms with E-state index < -0.39 is 0 Å². The minimum Gasteiger partial charge on any atom is -0.397 e. The fourth-order valence-corrected chi connectivity index (χ4v) is 2.98. The van der Waals surface area contributed by atoms with Crippen LogP contribution in [0, 0.1) is 6.92 Å². The van der Waals surface area contributed by atoms with E-state index in [1.807, 2.05) is 30.5 Å². The molecule has 86 valence electrons. The Labute approximate surface area is 107 Å². The minimum absolute atomic E-state index is 0.675. The number of aromatic amines is 1. The topological polar surface area (TPSA) is 54.7 Å². The number of rotatable bonds is 1. The van der Waals surface area contributed by atoms with Crippen molar-refractivity contribution in [2.24, 2.45) is 0 Å². The second kappa shape index (κ2) is 3.75. The third-order valence-corrected chi connectivity index (χ3v) is 4.36. The number of nitrogens with two attached hydrogens (primary N) is 1. The lowest BCUT2D eigenvalue weighted by atomic mass is 10.3. The number of imidazole rings is 1. The van der Waals surface area contributed by atoms with Crippen molar-refractivity contribution in [3.63, 3.8) is 0 Å². The van der Waals surface area contributed by atoms with Crippen molar-refractivity contribution in [3.05, 3.63) is 34.2 Å². The molecule has 0 fully saturated rings. The summed E-state index contributed by atoms with van der Waals surface area (Å²) in [7, 11) is 0. The van der Waals surface area contributed by atoms with Gasteiger partial charge in [-0.15, -0.1) is 11.3 Å². The van der Waals surface area contributed by atoms with Crippen LogP contribution in [-0.2, 0) is 0 Å². The number of nitrogen functional groups attached to an aromatic ring is 1. The monoisotopic (exact) mass is 263 g/mol. The van der Waals surface area contributed by atoms with Crippen LogP contribution in [0.25, 0.3) is 21.7 Å². The Morgan fingerprint density at radius 1 is 1.41 bits per heavy atom. The predicted molar refractivity (Wildman–Crippen MR) is 73.6 cm³/mol. The van der Waals surface area contributed by atoms with Crippen LogP contribution in [0.4, 0.5) is 5.69 Å². The number of fused-ring (bicyclic) bond motifs is 1. The molecule has 0 saturated heterocycles. The molecule has 0 bridgehead atoms. The first-order chi connectivity index (χ1) is 8.16. The molecule has 3 rings (SSSR count). The normalized spacial score (nSPS) is 11.2. The van der Waals surface area contributed by atoms with E-state index >= 15 is 0 Å². The van der Waals surface area contributed by atoms with Gasteiger partial charge in [0.1, 0.15) is 11.3 Å². The van der Waals surface area contributed by atoms with Crippen LogP contribution in [0.3, 0.4) is 0 Å². The van der Waals surface area contributed by atoms with E-state index in [2.05, 4.69) is 9.97 Å². The summed E-state index contributed by atoms with van der Waals surface area (Å²) in [6, 6.07) is 5.70. The number of anilines is 1. The van der Waals surface area contributed by atoms with Crippen LogP contribution in [0.5, 0.6) is 0 Å². The van der Waals surface area contributed by atoms with Crippen LogP contribution in [0.15, 0.2) is 23.6 Å². The molecule has 3 aromatic rings. The summed E-state index contributed by atoms with van der Waals surface area (Å²) in [5.41, 5.74) is 9.35. The Morgan fingerprint density at radius 3 is 2.88 bits per heavy atom. The Hall–Kier alpha value is -1.52. The molecule has 0 aliphatic heterocycles. The van der Waals surface area contributed by atoms with Gasteiger partial charge >= 0.3 is 0 Å². The number of aromatic nitrogens is 2. The van der Waals surface area contributed by atoms with Gasteiger partial charge in [-0.05, 0) is 30.0 Å². The van der Waals surface area contributed by atoms with Crippen molar-refractivity contribution in [2.75, 3.05) is 5.73 Å². The maximum absolute atomic E-state index is 6.23. The average molecular weight is 264 g/mol. The first kappa shape index (κ1) is 10.6. The minimum atomic E-state index is 0.675. The number of hydrogen-bond acceptors (Lipinski definition) is 3. The summed E-state index contributed by atoms with van der Waals surface area (Å²) in [4.78, 5) is 8.70. The molecular weight excluding hydrogens is 254 g/mol. The van der Waals surface area contributed by atoms with Crippen LogP contribution in [0.2, 0.25) is 5.02 Å². The lowest BCUT2D eigenvalue weighted by molar-refractivity contribution is 1.35. The maximum atomic E-state index is 6.23. The molecule has 0 unspecified atom stereocenters. The number of hydrogen-bond donors (Lipinski definition) is 2. The summed E-state index contributed by atoms with van der Waals surface area (Å²) in [6.45, 7) is 1.99. The SMILES string of the molecule is Cc1csc(-c2nc3c(N)cccc3[nH]2)c1Cl. The second-order valence-corrected chi connectivity index (χ2v) is 5.15. The van der Waals surface area contributed by atoms with Crippen LogP contribution < -0.4 is 5.73 Å². The van der Waals surface area contributed by atoms with Crippen molar-refractivity contribution in [2.45, 2.75) is 6.92 Å². The first-order valence-corrected chi connectivity index (χ1v) is 6.41. The molecule has 0 radical (unpaired) electrons. The molecule has 3 N–H and O–H groups in total. The van der Waals surface area contributed by atoms with E-state index in [4.69, 9.17) is 17.3 Å². The van der Waals surface area contributed by atoms with Gasteiger partial charge in [0.25, 0.3) is 0 Å². The number of halogens is 1. The van der Waals surface area contributed by atoms with Gasteiger partial charge in [0, 0.05) is 0 Å². The maximum Gasteiger partial charge on any atom is 0.150 e. The van der Waals surface area contributed by atoms with Crippen LogP contribution >= 0.6 is 22.9 Å². The number of aryl methyl sites for hydroxylation is 1. The third-order valence-electron chi connectivity index (χ3n) is 2.66. The van der Waals surface area contributed by atoms with Gasteiger partial charge in [0.2, 0.25) is 0 Å². The molecular formula is C12H10ClN3S. The van der Waals surface area contributed by atoms with Gasteiger partial charge in [0.15, 0.2) is 0 Å². The fraction of sp³-hybridized carbons (Fsp3) is 0.0833. The van der Waals surface area contributed by atoms with E-state index in [9.17, 15) is 0 Å². The predicted octanol–water partition coefficient (Wildman–Crippen LogP) is 3.84. The molecule has 3 nitrogen and oxygen atoms in total. The van der Waals surface area contributed by atoms with Crippen molar-refractivity contribution >= 4 is 39.7 Å². The van der Waals surface area contributed by atoms with Crippen molar-refractivity contribution in [1.29, 1.82) is 0 Å². The second-order valence-electron chi connectivity index (χ2n) is 3.89. The highest BCUT2D eigenvalue weighted by Gasteiger charge is 2.13. The highest BCUT2D eigenvalue weighted by molar-refractivity contribution is 7.14. The van der Waals surface area contributed by atoms with Gasteiger partial charge in [0.05, 0.1) is 21.1 Å². The Morgan fingerprint density at radius 2 is 2.24 bits per heavy atom. The van der Waals surface area contributed by atoms with E-state index in [-0.39, 0.29) is 0 Å². The lowest BCUT2D eigenvalue weighted by Crippen LogP contribution is -1.84. The quantitative estimate of drug-likeness (QED) is 0.656. The summed E-state index contributed by atoms with van der Waals surface area (Å²) in [5.74, 6) is 0.779. The highest BCUT2D eigenvalue weighted by atomic mass is 35.5. The molecule has 2 heterocycles. The van der Waals surface area contributed by atoms with Crippen molar-refractivity contribution in [3.8, 4) is 10.7 Å². The van der Waals surface area contributed by atoms with Gasteiger partial charge in [-0.1, -0.05) is 17.7 Å². The molecule has 17 heavy (non-hydrogen) atoms. The standard InChI is InChI=1S/C12H10ClN3S/c1-6-5-17-11(9(6)13)12-15-8-4-2-3-7(14)10(8)16-12/h2-5H,14H2,1H3,(H,15,16). The lowest BCUT2D eigenvalue weighted by Gasteiger charge is -1.92. The fourth-order valence-electron chi connectivity index (χ4n) is 1.75. The van der Waals surface area contributed by atoms with Crippen molar-refractivity contribution in [1.82, 2.24) is 9.97 Å². The summed E-state index contributed by atoms with van der Waals surface area (Å²) >= 11 is 7.81. The zero-order valence-electron chi connectivity index (χ0n) is 9.12. The van der Waals surface area contributed by atoms with Gasteiger partial charge < -0.3 is 10.7 Å². The van der Waals surface area contributed by atoms with E-state index in [0.29, 0.717) is 5.69 Å². The number of para-hydroxylation sites is 1. The molecule has 0 amide bonds. The zero-order chi connectivity index (χ0) is 12.0. The highest BCUT2D eigenvalue weighted by Crippen LogP contribution is 2.36. The first-order valence-electron chi connectivity index (χ1n) is 5.15. The Bertz CT molecular complexity index is 699. The Balaban J connectivity index is 2.25. The van der Waals surface area contributed by atoms with Gasteiger partial charge in [-0.25, -0.2) is 4.98 Å². The van der Waals surface area contributed by atoms with Crippen LogP contribution in [-0.4, -0.2) is 9.97 Å². The zero-order valence-corrected chi connectivity index (χ0v) is 10.7. The summed E-state index contributed by atoms with van der Waals surface area (Å²) < 4.78 is 0. The molecule has 5 heteroatoms. The Kier molecular flexibility index (Phi) is 2.34. The number of benzene rings is 1. The van der Waals surface area contributed by atoms with E-state index in [1.54, 1.807) is 11.3 Å². The smallest absolute Gasteiger partial charge is 0.150 e. The van der Waals surface area contributed by atoms with E-state index in [1.165, 1.54) is 0 Å². The molecule has 1 aromatic carbocycles. The number of nitrogens with one attached hydrogen (secondary N) is 1. The number of H-pyrrole nitrogens is 1. The molecule has 0 aliphatic rings. The number of thiophene rings is 1. The summed E-state index contributed by atoms with van der Waals surface area (Å²) in [6.07, 6.45) is 0. The molecule has 0 atom stereocenters. The van der Waals surface area contributed by atoms with Gasteiger partial charge in [-0.3, -0.25) is 0 Å². The average Bonchev–Trinajstić information content (AvgIpc) is 2.85. The van der Waals surface area contributed by atoms with E-state index in [0.717, 1.165) is 32.3 Å². The molecule has 0 aliphatic carbocycles. The molecule has 0 spiro atoms. The largest absolute Gasteiger partial charge is 0.397 e. The molecule has 0 saturated carbocycles. The van der Waals surface area contributed by atoms with Crippen molar-refractivity contribution < 1.29 is 0 Å².